The molecule has 484 valence electrons. The van der Waals surface area contributed by atoms with Crippen LogP contribution >= 0.6 is 7.82 Å². The summed E-state index contributed by atoms with van der Waals surface area (Å²) in [5.74, 6) is -0.531. The molecule has 1 amide bonds. The van der Waals surface area contributed by atoms with Gasteiger partial charge in [0, 0.05) is 12.8 Å². The number of nitrogens with one attached hydrogen (secondary N) is 1. The summed E-state index contributed by atoms with van der Waals surface area (Å²) >= 11 is 0. The first-order chi connectivity index (χ1) is 40.4. The van der Waals surface area contributed by atoms with Crippen molar-refractivity contribution in [1.82, 2.24) is 5.32 Å². The summed E-state index contributed by atoms with van der Waals surface area (Å²) in [7, 11) is 1.48. The van der Waals surface area contributed by atoms with Crippen molar-refractivity contribution in [2.45, 2.75) is 341 Å². The number of rotatable bonds is 64. The van der Waals surface area contributed by atoms with Crippen LogP contribution in [0.3, 0.4) is 0 Å². The fraction of sp³-hybridized carbons (Fsp3) is 0.808. The Morgan fingerprint density at radius 2 is 0.735 bits per heavy atom. The lowest BCUT2D eigenvalue weighted by atomic mass is 10.0. The Labute approximate surface area is 514 Å². The third-order valence-corrected chi connectivity index (χ3v) is 16.6. The Morgan fingerprint density at radius 3 is 1.14 bits per heavy atom. The lowest BCUT2D eigenvalue weighted by Crippen LogP contribution is -2.47. The number of hydrogen-bond donors (Lipinski definition) is 2. The molecule has 0 aromatic heterocycles. The molecule has 0 fully saturated rings. The van der Waals surface area contributed by atoms with Gasteiger partial charge in [0.2, 0.25) is 5.91 Å². The zero-order valence-electron chi connectivity index (χ0n) is 55.4. The molecule has 0 aromatic rings. The largest absolute Gasteiger partial charge is 0.472 e. The smallest absolute Gasteiger partial charge is 0.456 e. The van der Waals surface area contributed by atoms with Gasteiger partial charge in [-0.25, -0.2) is 4.57 Å². The van der Waals surface area contributed by atoms with Gasteiger partial charge >= 0.3 is 13.8 Å². The molecular formula is C73H136N2O7P+. The highest BCUT2D eigenvalue weighted by Gasteiger charge is 2.30. The van der Waals surface area contributed by atoms with E-state index < -0.39 is 20.0 Å². The van der Waals surface area contributed by atoms with Gasteiger partial charge < -0.3 is 19.4 Å². The van der Waals surface area contributed by atoms with Crippen molar-refractivity contribution in [2.24, 2.45) is 0 Å². The van der Waals surface area contributed by atoms with Crippen LogP contribution in [0, 0.1) is 0 Å². The highest BCUT2D eigenvalue weighted by molar-refractivity contribution is 7.47. The SMILES string of the molecule is CCCCC/C=C\C/C=C\C/C=C\C/C=C\CCCCCC(=O)OC(/C=C\CCCCCCCCCCCCC)C(COP(=O)(O)OCC[N+](C)(C)C)NC(=O)CCCCCCCCCCCCCCCCC/C=C/CCCCCCCC. The molecule has 0 rings (SSSR count). The predicted molar refractivity (Wildman–Crippen MR) is 360 cm³/mol. The molecule has 2 N–H and O–H groups in total. The molecule has 83 heavy (non-hydrogen) atoms. The number of hydrogen-bond acceptors (Lipinski definition) is 6. The summed E-state index contributed by atoms with van der Waals surface area (Å²) in [6.45, 7) is 6.99. The number of phosphoric ester groups is 1. The van der Waals surface area contributed by atoms with E-state index >= 15 is 0 Å². The lowest BCUT2D eigenvalue weighted by molar-refractivity contribution is -0.870. The minimum atomic E-state index is -4.46. The molecule has 0 aliphatic rings. The molecule has 0 saturated carbocycles. The highest BCUT2D eigenvalue weighted by atomic mass is 31.2. The number of nitrogens with zero attached hydrogens (tertiary/aromatic N) is 1. The fourth-order valence-electron chi connectivity index (χ4n) is 10.2. The Kier molecular flexibility index (Phi) is 60.6. The zero-order valence-corrected chi connectivity index (χ0v) is 56.3. The summed E-state index contributed by atoms with van der Waals surface area (Å²) in [5, 5.41) is 3.07. The average Bonchev–Trinajstić information content (AvgIpc) is 3.46. The van der Waals surface area contributed by atoms with Crippen LogP contribution in [-0.2, 0) is 27.9 Å². The number of phosphoric acid groups is 1. The number of esters is 1. The van der Waals surface area contributed by atoms with Gasteiger partial charge in [-0.05, 0) is 102 Å². The molecule has 0 radical (unpaired) electrons. The molecule has 0 aliphatic heterocycles. The molecule has 0 saturated heterocycles. The van der Waals surface area contributed by atoms with Crippen LogP contribution in [0.2, 0.25) is 0 Å². The van der Waals surface area contributed by atoms with Gasteiger partial charge in [-0.2, -0.15) is 0 Å². The van der Waals surface area contributed by atoms with Crippen LogP contribution in [-0.4, -0.2) is 74.3 Å². The lowest BCUT2D eigenvalue weighted by Gasteiger charge is -2.27. The summed E-state index contributed by atoms with van der Waals surface area (Å²) in [6.07, 6.45) is 82.0. The third kappa shape index (κ3) is 63.8. The Morgan fingerprint density at radius 1 is 0.422 bits per heavy atom. The van der Waals surface area contributed by atoms with Crippen molar-refractivity contribution in [3.05, 3.63) is 72.9 Å². The van der Waals surface area contributed by atoms with Crippen LogP contribution in [0.1, 0.15) is 329 Å². The molecule has 0 bridgehead atoms. The Hall–Kier alpha value is -2.55. The van der Waals surface area contributed by atoms with Gasteiger partial charge in [-0.15, -0.1) is 0 Å². The summed E-state index contributed by atoms with van der Waals surface area (Å²) in [6, 6.07) is -0.864. The van der Waals surface area contributed by atoms with Gasteiger partial charge in [0.25, 0.3) is 0 Å². The molecule has 0 heterocycles. The second kappa shape index (κ2) is 62.5. The Balaban J connectivity index is 5.14. The van der Waals surface area contributed by atoms with E-state index in [0.29, 0.717) is 23.9 Å². The maximum Gasteiger partial charge on any atom is 0.472 e. The van der Waals surface area contributed by atoms with Gasteiger partial charge in [-0.1, -0.05) is 287 Å². The van der Waals surface area contributed by atoms with Gasteiger partial charge in [0.1, 0.15) is 19.3 Å². The minimum Gasteiger partial charge on any atom is -0.456 e. The van der Waals surface area contributed by atoms with Crippen molar-refractivity contribution in [3.8, 4) is 0 Å². The van der Waals surface area contributed by atoms with Crippen molar-refractivity contribution in [1.29, 1.82) is 0 Å². The van der Waals surface area contributed by atoms with E-state index in [1.54, 1.807) is 0 Å². The van der Waals surface area contributed by atoms with Gasteiger partial charge in [0.05, 0.1) is 33.8 Å². The Bertz CT molecular complexity index is 1650. The van der Waals surface area contributed by atoms with E-state index in [1.165, 1.54) is 212 Å². The average molecular weight is 1180 g/mol. The van der Waals surface area contributed by atoms with Crippen molar-refractivity contribution >= 4 is 19.7 Å². The summed E-state index contributed by atoms with van der Waals surface area (Å²) in [4.78, 5) is 37.9. The molecule has 3 atom stereocenters. The van der Waals surface area contributed by atoms with E-state index in [4.69, 9.17) is 13.8 Å². The van der Waals surface area contributed by atoms with Crippen LogP contribution in [0.25, 0.3) is 0 Å². The van der Waals surface area contributed by atoms with E-state index in [1.807, 2.05) is 33.3 Å². The van der Waals surface area contributed by atoms with Crippen molar-refractivity contribution in [3.63, 3.8) is 0 Å². The first-order valence-electron chi connectivity index (χ1n) is 35.3. The maximum absolute atomic E-state index is 13.6. The van der Waals surface area contributed by atoms with Crippen molar-refractivity contribution < 1.29 is 37.3 Å². The number of ether oxygens (including phenoxy) is 1. The van der Waals surface area contributed by atoms with E-state index in [2.05, 4.69) is 86.8 Å². The van der Waals surface area contributed by atoms with Crippen molar-refractivity contribution in [2.75, 3.05) is 40.9 Å². The number of quaternary nitrogens is 1. The molecule has 0 aromatic carbocycles. The summed E-state index contributed by atoms with van der Waals surface area (Å²) < 4.78 is 30.8. The van der Waals surface area contributed by atoms with E-state index in [-0.39, 0.29) is 31.5 Å². The monoisotopic (exact) mass is 1180 g/mol. The molecule has 9 nitrogen and oxygen atoms in total. The number of amides is 1. The molecule has 10 heteroatoms. The number of carbonyl (C=O) groups is 2. The van der Waals surface area contributed by atoms with Crippen LogP contribution < -0.4 is 5.32 Å². The van der Waals surface area contributed by atoms with E-state index in [0.717, 1.165) is 77.0 Å². The minimum absolute atomic E-state index is 0.0339. The standard InChI is InChI=1S/C73H135N2O7P/c1-7-10-13-16-19-22-25-28-30-32-34-35-36-37-38-39-41-42-44-47-50-53-56-59-62-65-72(76)74-70(69-81-83(78,79)80-68-67-75(4,5)6)71(64-61-58-55-52-49-46-27-24-21-18-15-12-9-3)82-73(77)66-63-60-57-54-51-48-45-43-40-33-31-29-26-23-20-17-14-11-8-2/h20,23,28-31,40,43,48,51,61,64,70-71H,7-19,21-22,24-27,32-39,41-42,44-47,49-50,52-60,62-63,65-69H2,1-6H3,(H-,74,76,78,79)/p+1/b23-20-,30-28+,31-29-,43-40-,51-48-,64-61-. The predicted octanol–water partition coefficient (Wildman–Crippen LogP) is 22.3. The van der Waals surface area contributed by atoms with Crippen LogP contribution in [0.15, 0.2) is 72.9 Å². The second-order valence-corrected chi connectivity index (χ2v) is 26.5. The quantitative estimate of drug-likeness (QED) is 0.0205. The number of allylic oxidation sites excluding steroid dienone is 11. The second-order valence-electron chi connectivity index (χ2n) is 25.0. The first kappa shape index (κ1) is 80.5. The summed E-state index contributed by atoms with van der Waals surface area (Å²) in [5.41, 5.74) is 0. The number of carbonyl (C=O) groups excluding carboxylic acids is 2. The van der Waals surface area contributed by atoms with Gasteiger partial charge in [0.15, 0.2) is 0 Å². The normalized spacial score (nSPS) is 14.0. The third-order valence-electron chi connectivity index (χ3n) is 15.6. The topological polar surface area (TPSA) is 111 Å². The number of likely N-dealkylation sites (N-methyl/N-ethyl adjacent to an activating group) is 1. The zero-order chi connectivity index (χ0) is 60.7. The molecular weight excluding hydrogens is 1050 g/mol. The highest BCUT2D eigenvalue weighted by Crippen LogP contribution is 2.43. The van der Waals surface area contributed by atoms with Crippen LogP contribution in [0.4, 0.5) is 0 Å². The fourth-order valence-corrected chi connectivity index (χ4v) is 10.9. The van der Waals surface area contributed by atoms with Crippen LogP contribution in [0.5, 0.6) is 0 Å². The first-order valence-corrected chi connectivity index (χ1v) is 36.8. The van der Waals surface area contributed by atoms with Gasteiger partial charge in [-0.3, -0.25) is 18.6 Å². The number of unbranched alkanes of at least 4 members (excludes halogenated alkanes) is 38. The molecule has 3 unspecified atom stereocenters. The molecule has 0 aliphatic carbocycles. The van der Waals surface area contributed by atoms with E-state index in [9.17, 15) is 19.0 Å². The molecule has 0 spiro atoms. The maximum atomic E-state index is 13.6.